The number of hydrogen-bond acceptors (Lipinski definition) is 4. The second-order valence-electron chi connectivity index (χ2n) is 4.52. The van der Waals surface area contributed by atoms with Gasteiger partial charge in [-0.3, -0.25) is 4.68 Å². The van der Waals surface area contributed by atoms with Gasteiger partial charge in [-0.25, -0.2) is 4.98 Å². The van der Waals surface area contributed by atoms with E-state index in [0.717, 1.165) is 23.5 Å². The Kier molecular flexibility index (Phi) is 2.72. The third-order valence-corrected chi connectivity index (χ3v) is 4.13. The Balaban J connectivity index is 1.91. The van der Waals surface area contributed by atoms with Crippen LogP contribution in [0.5, 0.6) is 0 Å². The first kappa shape index (κ1) is 10.9. The van der Waals surface area contributed by atoms with Gasteiger partial charge < -0.3 is 5.32 Å². The van der Waals surface area contributed by atoms with Gasteiger partial charge in [0.05, 0.1) is 17.4 Å². The Hall–Kier alpha value is -1.20. The molecule has 1 saturated heterocycles. The van der Waals surface area contributed by atoms with Crippen LogP contribution in [0.25, 0.3) is 11.3 Å². The monoisotopic (exact) mass is 248 g/mol. The van der Waals surface area contributed by atoms with E-state index in [1.54, 1.807) is 11.3 Å². The minimum absolute atomic E-state index is 0.464. The molecule has 0 spiro atoms. The predicted octanol–water partition coefficient (Wildman–Crippen LogP) is 2.28. The van der Waals surface area contributed by atoms with Gasteiger partial charge in [0.1, 0.15) is 5.01 Å². The summed E-state index contributed by atoms with van der Waals surface area (Å²) in [4.78, 5) is 4.74. The summed E-state index contributed by atoms with van der Waals surface area (Å²) in [5.41, 5.74) is 3.25. The zero-order valence-corrected chi connectivity index (χ0v) is 10.9. The van der Waals surface area contributed by atoms with Crippen molar-refractivity contribution in [1.82, 2.24) is 20.1 Å². The molecule has 0 bridgehead atoms. The molecule has 0 aliphatic carbocycles. The molecule has 1 aliphatic heterocycles. The standard InChI is InChI=1S/C12H16N4S/c1-8-9(6-16(2)15-8)11-7-17-12(14-11)10-4-3-5-13-10/h6-7,10,13H,3-5H2,1-2H3. The van der Waals surface area contributed by atoms with Gasteiger partial charge in [-0.1, -0.05) is 0 Å². The number of hydrogen-bond donors (Lipinski definition) is 1. The third-order valence-electron chi connectivity index (χ3n) is 3.17. The van der Waals surface area contributed by atoms with E-state index in [4.69, 9.17) is 4.98 Å². The maximum absolute atomic E-state index is 4.74. The average molecular weight is 248 g/mol. The molecule has 5 heteroatoms. The first-order valence-electron chi connectivity index (χ1n) is 5.93. The summed E-state index contributed by atoms with van der Waals surface area (Å²) in [5, 5.41) is 11.2. The minimum Gasteiger partial charge on any atom is -0.308 e. The van der Waals surface area contributed by atoms with E-state index in [2.05, 4.69) is 15.8 Å². The summed E-state index contributed by atoms with van der Waals surface area (Å²) in [6.07, 6.45) is 4.50. The summed E-state index contributed by atoms with van der Waals surface area (Å²) in [5.74, 6) is 0. The van der Waals surface area contributed by atoms with Crippen molar-refractivity contribution in [1.29, 1.82) is 0 Å². The van der Waals surface area contributed by atoms with Gasteiger partial charge in [-0.05, 0) is 26.3 Å². The van der Waals surface area contributed by atoms with Crippen LogP contribution in [0.4, 0.5) is 0 Å². The Morgan fingerprint density at radius 3 is 3.06 bits per heavy atom. The van der Waals surface area contributed by atoms with E-state index in [0.29, 0.717) is 6.04 Å². The maximum atomic E-state index is 4.74. The molecule has 2 aromatic rings. The predicted molar refractivity (Wildman–Crippen MR) is 69.0 cm³/mol. The molecule has 3 rings (SSSR count). The first-order chi connectivity index (χ1) is 8.24. The zero-order chi connectivity index (χ0) is 11.8. The highest BCUT2D eigenvalue weighted by atomic mass is 32.1. The molecule has 1 fully saturated rings. The molecule has 1 aliphatic rings. The summed E-state index contributed by atoms with van der Waals surface area (Å²) < 4.78 is 1.84. The van der Waals surface area contributed by atoms with Crippen LogP contribution < -0.4 is 5.32 Å². The third kappa shape index (κ3) is 2.00. The molecule has 0 aromatic carbocycles. The van der Waals surface area contributed by atoms with Gasteiger partial charge in [0.2, 0.25) is 0 Å². The Bertz CT molecular complexity index is 522. The van der Waals surface area contributed by atoms with Crippen molar-refractivity contribution in [3.05, 3.63) is 22.3 Å². The normalized spacial score (nSPS) is 20.0. The highest BCUT2D eigenvalue weighted by Gasteiger charge is 2.20. The number of rotatable bonds is 2. The van der Waals surface area contributed by atoms with Crippen LogP contribution >= 0.6 is 11.3 Å². The Morgan fingerprint density at radius 1 is 1.53 bits per heavy atom. The quantitative estimate of drug-likeness (QED) is 0.886. The fourth-order valence-corrected chi connectivity index (χ4v) is 3.25. The number of thiazole rings is 1. The van der Waals surface area contributed by atoms with Crippen molar-refractivity contribution in [2.75, 3.05) is 6.54 Å². The van der Waals surface area contributed by atoms with Crippen molar-refractivity contribution >= 4 is 11.3 Å². The highest BCUT2D eigenvalue weighted by Crippen LogP contribution is 2.30. The molecule has 17 heavy (non-hydrogen) atoms. The smallest absolute Gasteiger partial charge is 0.110 e. The van der Waals surface area contributed by atoms with Crippen molar-refractivity contribution in [2.24, 2.45) is 7.05 Å². The van der Waals surface area contributed by atoms with Crippen molar-refractivity contribution in [3.63, 3.8) is 0 Å². The summed E-state index contributed by atoms with van der Waals surface area (Å²) >= 11 is 1.75. The van der Waals surface area contributed by atoms with Gasteiger partial charge in [-0.2, -0.15) is 5.10 Å². The fraction of sp³-hybridized carbons (Fsp3) is 0.500. The molecular formula is C12H16N4S. The summed E-state index contributed by atoms with van der Waals surface area (Å²) in [6, 6.07) is 0.464. The fourth-order valence-electron chi connectivity index (χ4n) is 2.32. The summed E-state index contributed by atoms with van der Waals surface area (Å²) in [6.45, 7) is 3.15. The van der Waals surface area contributed by atoms with Gasteiger partial charge in [0.25, 0.3) is 0 Å². The molecular weight excluding hydrogens is 232 g/mol. The number of aryl methyl sites for hydroxylation is 2. The molecule has 2 aromatic heterocycles. The first-order valence-corrected chi connectivity index (χ1v) is 6.81. The Morgan fingerprint density at radius 2 is 2.41 bits per heavy atom. The van der Waals surface area contributed by atoms with Crippen molar-refractivity contribution < 1.29 is 0 Å². The minimum atomic E-state index is 0.464. The second kappa shape index (κ2) is 4.23. The van der Waals surface area contributed by atoms with Gasteiger partial charge >= 0.3 is 0 Å². The van der Waals surface area contributed by atoms with Crippen LogP contribution in [0.1, 0.15) is 29.6 Å². The number of nitrogens with one attached hydrogen (secondary N) is 1. The van der Waals surface area contributed by atoms with E-state index >= 15 is 0 Å². The Labute approximate surface area is 105 Å². The molecule has 1 N–H and O–H groups in total. The lowest BCUT2D eigenvalue weighted by atomic mass is 10.2. The summed E-state index contributed by atoms with van der Waals surface area (Å²) in [7, 11) is 1.95. The second-order valence-corrected chi connectivity index (χ2v) is 5.41. The van der Waals surface area contributed by atoms with Crippen LogP contribution in [0, 0.1) is 6.92 Å². The molecule has 3 heterocycles. The number of aromatic nitrogens is 3. The SMILES string of the molecule is Cc1nn(C)cc1-c1csc(C2CCCN2)n1. The van der Waals surface area contributed by atoms with Crippen LogP contribution in [-0.2, 0) is 7.05 Å². The van der Waals surface area contributed by atoms with E-state index in [-0.39, 0.29) is 0 Å². The van der Waals surface area contributed by atoms with Crippen LogP contribution in [0.2, 0.25) is 0 Å². The maximum Gasteiger partial charge on any atom is 0.110 e. The lowest BCUT2D eigenvalue weighted by Gasteiger charge is -2.04. The zero-order valence-electron chi connectivity index (χ0n) is 10.1. The largest absolute Gasteiger partial charge is 0.308 e. The average Bonchev–Trinajstić information content (AvgIpc) is 2.97. The van der Waals surface area contributed by atoms with E-state index in [1.807, 2.05) is 24.9 Å². The lowest BCUT2D eigenvalue weighted by Crippen LogP contribution is -2.12. The van der Waals surface area contributed by atoms with E-state index in [9.17, 15) is 0 Å². The molecule has 90 valence electrons. The lowest BCUT2D eigenvalue weighted by molar-refractivity contribution is 0.643. The van der Waals surface area contributed by atoms with Crippen molar-refractivity contribution in [3.8, 4) is 11.3 Å². The van der Waals surface area contributed by atoms with E-state index < -0.39 is 0 Å². The molecule has 4 nitrogen and oxygen atoms in total. The molecule has 1 atom stereocenters. The molecule has 1 unspecified atom stereocenters. The van der Waals surface area contributed by atoms with Gasteiger partial charge in [-0.15, -0.1) is 11.3 Å². The van der Waals surface area contributed by atoms with Gasteiger partial charge in [0.15, 0.2) is 0 Å². The highest BCUT2D eigenvalue weighted by molar-refractivity contribution is 7.10. The van der Waals surface area contributed by atoms with Crippen LogP contribution in [-0.4, -0.2) is 21.3 Å². The molecule has 0 saturated carbocycles. The van der Waals surface area contributed by atoms with Gasteiger partial charge in [0, 0.05) is 24.2 Å². The van der Waals surface area contributed by atoms with Crippen LogP contribution in [0.3, 0.4) is 0 Å². The molecule has 0 radical (unpaired) electrons. The van der Waals surface area contributed by atoms with Crippen molar-refractivity contribution in [2.45, 2.75) is 25.8 Å². The number of nitrogens with zero attached hydrogens (tertiary/aromatic N) is 3. The topological polar surface area (TPSA) is 42.7 Å². The van der Waals surface area contributed by atoms with E-state index in [1.165, 1.54) is 17.8 Å². The molecule has 0 amide bonds. The van der Waals surface area contributed by atoms with Crippen LogP contribution in [0.15, 0.2) is 11.6 Å².